The van der Waals surface area contributed by atoms with E-state index in [0.29, 0.717) is 18.7 Å². The highest BCUT2D eigenvalue weighted by Gasteiger charge is 2.47. The van der Waals surface area contributed by atoms with Crippen LogP contribution in [0.15, 0.2) is 36.4 Å². The van der Waals surface area contributed by atoms with E-state index < -0.39 is 11.7 Å². The smallest absolute Gasteiger partial charge is 0.416 e. The van der Waals surface area contributed by atoms with Gasteiger partial charge in [0.05, 0.1) is 12.2 Å². The number of likely N-dealkylation sites (tertiary alicyclic amines) is 2. The van der Waals surface area contributed by atoms with E-state index in [-0.39, 0.29) is 24.0 Å². The molecule has 0 aliphatic carbocycles. The third-order valence-corrected chi connectivity index (χ3v) is 7.81. The second-order valence-electron chi connectivity index (χ2n) is 10.0. The van der Waals surface area contributed by atoms with Gasteiger partial charge in [0.25, 0.3) is 5.91 Å². The summed E-state index contributed by atoms with van der Waals surface area (Å²) in [5.41, 5.74) is 3.23. The van der Waals surface area contributed by atoms with Gasteiger partial charge in [-0.05, 0) is 101 Å². The van der Waals surface area contributed by atoms with Crippen molar-refractivity contribution in [1.82, 2.24) is 15.1 Å². The van der Waals surface area contributed by atoms with Crippen molar-refractivity contribution in [2.45, 2.75) is 64.3 Å². The molecule has 0 saturated carbocycles. The zero-order chi connectivity index (χ0) is 26.0. The third kappa shape index (κ3) is 5.39. The van der Waals surface area contributed by atoms with Crippen molar-refractivity contribution < 1.29 is 22.7 Å². The Morgan fingerprint density at radius 1 is 1.06 bits per heavy atom. The molecule has 2 bridgehead atoms. The summed E-state index contributed by atoms with van der Waals surface area (Å²) in [6, 6.07) is 9.29. The minimum atomic E-state index is -4.40. The molecule has 196 valence electrons. The van der Waals surface area contributed by atoms with Crippen LogP contribution in [-0.2, 0) is 6.18 Å². The fraction of sp³-hybridized carbons (Fsp3) is 0.536. The molecule has 2 fully saturated rings. The number of piperazine rings is 1. The number of benzene rings is 2. The molecule has 2 aliphatic heterocycles. The van der Waals surface area contributed by atoms with E-state index in [1.54, 1.807) is 0 Å². The zero-order valence-electron chi connectivity index (χ0n) is 21.5. The van der Waals surface area contributed by atoms with Crippen LogP contribution in [0.3, 0.4) is 0 Å². The predicted molar refractivity (Wildman–Crippen MR) is 134 cm³/mol. The SMILES string of the molecule is CNCCCCOc1ccc([C@H](C)N2C[C@@H]3C[C@H]2CN3C(=O)c2ccc(C(F)(F)F)cc2)c(C)c1C. The van der Waals surface area contributed by atoms with E-state index >= 15 is 0 Å². The van der Waals surface area contributed by atoms with Crippen LogP contribution in [0.4, 0.5) is 13.2 Å². The van der Waals surface area contributed by atoms with Crippen LogP contribution in [0.25, 0.3) is 0 Å². The monoisotopic (exact) mass is 503 g/mol. The highest BCUT2D eigenvalue weighted by molar-refractivity contribution is 5.94. The Bertz CT molecular complexity index is 1070. The summed E-state index contributed by atoms with van der Waals surface area (Å²) < 4.78 is 44.6. The van der Waals surface area contributed by atoms with Crippen LogP contribution in [0.5, 0.6) is 5.75 Å². The molecule has 2 aliphatic rings. The van der Waals surface area contributed by atoms with Crippen molar-refractivity contribution in [3.8, 4) is 5.75 Å². The lowest BCUT2D eigenvalue weighted by Crippen LogP contribution is -2.49. The lowest BCUT2D eigenvalue weighted by molar-refractivity contribution is -0.137. The molecule has 2 saturated heterocycles. The first-order valence-electron chi connectivity index (χ1n) is 12.7. The molecule has 3 atom stereocenters. The number of nitrogens with one attached hydrogen (secondary N) is 1. The van der Waals surface area contributed by atoms with Crippen LogP contribution in [0.1, 0.15) is 64.8 Å². The topological polar surface area (TPSA) is 44.8 Å². The van der Waals surface area contributed by atoms with E-state index in [1.165, 1.54) is 23.3 Å². The molecule has 8 heteroatoms. The lowest BCUT2D eigenvalue weighted by atomic mass is 9.96. The maximum atomic E-state index is 13.0. The Morgan fingerprint density at radius 2 is 1.78 bits per heavy atom. The van der Waals surface area contributed by atoms with Gasteiger partial charge in [-0.1, -0.05) is 6.07 Å². The summed E-state index contributed by atoms with van der Waals surface area (Å²) in [5.74, 6) is 0.746. The van der Waals surface area contributed by atoms with Gasteiger partial charge in [0.1, 0.15) is 5.75 Å². The van der Waals surface area contributed by atoms with E-state index in [1.807, 2.05) is 11.9 Å². The minimum absolute atomic E-state index is 0.0777. The van der Waals surface area contributed by atoms with Gasteiger partial charge in [0.15, 0.2) is 0 Å². The Balaban J connectivity index is 1.38. The van der Waals surface area contributed by atoms with E-state index in [4.69, 9.17) is 4.74 Å². The molecular formula is C28H36F3N3O2. The fourth-order valence-corrected chi connectivity index (χ4v) is 5.58. The largest absolute Gasteiger partial charge is 0.493 e. The summed E-state index contributed by atoms with van der Waals surface area (Å²) >= 11 is 0. The number of carbonyl (C=O) groups excluding carboxylic acids is 1. The Labute approximate surface area is 211 Å². The van der Waals surface area contributed by atoms with Gasteiger partial charge < -0.3 is 15.0 Å². The summed E-state index contributed by atoms with van der Waals surface area (Å²) in [7, 11) is 1.95. The number of amides is 1. The van der Waals surface area contributed by atoms with Crippen molar-refractivity contribution in [3.05, 3.63) is 64.2 Å². The van der Waals surface area contributed by atoms with Gasteiger partial charge in [-0.2, -0.15) is 13.2 Å². The van der Waals surface area contributed by atoms with Crippen molar-refractivity contribution in [3.63, 3.8) is 0 Å². The summed E-state index contributed by atoms with van der Waals surface area (Å²) in [6.07, 6.45) is -1.42. The molecule has 0 radical (unpaired) electrons. The van der Waals surface area contributed by atoms with Crippen LogP contribution in [-0.4, -0.2) is 61.1 Å². The number of ether oxygens (including phenoxy) is 1. The van der Waals surface area contributed by atoms with Crippen molar-refractivity contribution >= 4 is 5.91 Å². The van der Waals surface area contributed by atoms with Crippen molar-refractivity contribution in [2.24, 2.45) is 0 Å². The molecule has 5 nitrogen and oxygen atoms in total. The van der Waals surface area contributed by atoms with Gasteiger partial charge >= 0.3 is 6.18 Å². The van der Waals surface area contributed by atoms with Gasteiger partial charge in [0, 0.05) is 36.8 Å². The third-order valence-electron chi connectivity index (χ3n) is 7.81. The molecule has 36 heavy (non-hydrogen) atoms. The Hall–Kier alpha value is -2.58. The minimum Gasteiger partial charge on any atom is -0.493 e. The number of halogens is 3. The molecule has 1 N–H and O–H groups in total. The van der Waals surface area contributed by atoms with Crippen LogP contribution in [0, 0.1) is 13.8 Å². The number of hydrogen-bond donors (Lipinski definition) is 1. The number of carbonyl (C=O) groups is 1. The predicted octanol–water partition coefficient (Wildman–Crippen LogP) is 5.36. The molecule has 1 amide bonds. The number of alkyl halides is 3. The molecule has 2 heterocycles. The molecule has 0 unspecified atom stereocenters. The summed E-state index contributed by atoms with van der Waals surface area (Å²) in [4.78, 5) is 17.3. The van der Waals surface area contributed by atoms with Crippen LogP contribution in [0.2, 0.25) is 0 Å². The fourth-order valence-electron chi connectivity index (χ4n) is 5.58. The molecule has 2 aromatic rings. The number of hydrogen-bond acceptors (Lipinski definition) is 4. The van der Waals surface area contributed by atoms with Crippen LogP contribution >= 0.6 is 0 Å². The molecule has 0 aromatic heterocycles. The second-order valence-corrected chi connectivity index (χ2v) is 10.0. The number of fused-ring (bicyclic) bond motifs is 2. The zero-order valence-corrected chi connectivity index (χ0v) is 21.5. The second kappa shape index (κ2) is 10.8. The van der Waals surface area contributed by atoms with E-state index in [9.17, 15) is 18.0 Å². The van der Waals surface area contributed by atoms with Crippen molar-refractivity contribution in [1.29, 1.82) is 0 Å². The molecule has 2 aromatic carbocycles. The summed E-state index contributed by atoms with van der Waals surface area (Å²) in [6.45, 7) is 9.52. The van der Waals surface area contributed by atoms with Gasteiger partial charge in [-0.3, -0.25) is 9.69 Å². The average molecular weight is 504 g/mol. The van der Waals surface area contributed by atoms with Gasteiger partial charge in [-0.25, -0.2) is 0 Å². The van der Waals surface area contributed by atoms with E-state index in [0.717, 1.165) is 55.8 Å². The number of rotatable bonds is 9. The quantitative estimate of drug-likeness (QED) is 0.468. The number of nitrogens with zero attached hydrogens (tertiary/aromatic N) is 2. The number of unbranched alkanes of at least 4 members (excludes halogenated alkanes) is 1. The maximum Gasteiger partial charge on any atom is 0.416 e. The highest BCUT2D eigenvalue weighted by Crippen LogP contribution is 2.39. The first-order chi connectivity index (χ1) is 17.1. The summed E-state index contributed by atoms with van der Waals surface area (Å²) in [5, 5.41) is 3.15. The highest BCUT2D eigenvalue weighted by atomic mass is 19.4. The van der Waals surface area contributed by atoms with E-state index in [2.05, 4.69) is 43.1 Å². The lowest BCUT2D eigenvalue weighted by Gasteiger charge is -2.38. The standard InChI is InChI=1S/C28H36F3N3O2/c1-18-19(2)26(36-14-6-5-13-32-4)12-11-25(18)20(3)33-16-24-15-23(33)17-34(24)27(35)21-7-9-22(10-8-21)28(29,30)31/h7-12,20,23-24,32H,5-6,13-17H2,1-4H3/t20-,23-,24-/m0/s1. The first kappa shape index (κ1) is 26.5. The molecular weight excluding hydrogens is 467 g/mol. The Kier molecular flexibility index (Phi) is 7.95. The van der Waals surface area contributed by atoms with Gasteiger partial charge in [-0.15, -0.1) is 0 Å². The maximum absolute atomic E-state index is 13.0. The Morgan fingerprint density at radius 3 is 2.39 bits per heavy atom. The van der Waals surface area contributed by atoms with Gasteiger partial charge in [0.2, 0.25) is 0 Å². The normalized spacial score (nSPS) is 20.7. The van der Waals surface area contributed by atoms with Crippen LogP contribution < -0.4 is 10.1 Å². The van der Waals surface area contributed by atoms with Crippen molar-refractivity contribution in [2.75, 3.05) is 33.3 Å². The average Bonchev–Trinajstić information content (AvgIpc) is 3.46. The molecule has 0 spiro atoms. The first-order valence-corrected chi connectivity index (χ1v) is 12.7. The molecule has 4 rings (SSSR count).